The van der Waals surface area contributed by atoms with Crippen LogP contribution in [0.25, 0.3) is 0 Å². The zero-order valence-electron chi connectivity index (χ0n) is 13.7. The number of rotatable bonds is 5. The van der Waals surface area contributed by atoms with E-state index in [1.54, 1.807) is 0 Å². The van der Waals surface area contributed by atoms with E-state index in [-0.39, 0.29) is 29.7 Å². The van der Waals surface area contributed by atoms with Crippen molar-refractivity contribution in [2.75, 3.05) is 4.90 Å². The lowest BCUT2D eigenvalue weighted by atomic mass is 9.86. The molecule has 25 heavy (non-hydrogen) atoms. The molecule has 0 saturated carbocycles. The first-order valence-corrected chi connectivity index (χ1v) is 9.41. The fourth-order valence-corrected chi connectivity index (χ4v) is 4.55. The number of fused-ring (bicyclic) bond motifs is 2. The zero-order chi connectivity index (χ0) is 17.4. The minimum absolute atomic E-state index is 0.129. The summed E-state index contributed by atoms with van der Waals surface area (Å²) in [6, 6.07) is 7.16. The average Bonchev–Trinajstić information content (AvgIpc) is 3.31. The Hall–Kier alpha value is -1.79. The van der Waals surface area contributed by atoms with Gasteiger partial charge in [0.2, 0.25) is 5.91 Å². The summed E-state index contributed by atoms with van der Waals surface area (Å²) in [6.07, 6.45) is 3.73. The van der Waals surface area contributed by atoms with Crippen LogP contribution in [0.15, 0.2) is 35.7 Å². The van der Waals surface area contributed by atoms with Crippen molar-refractivity contribution in [1.82, 2.24) is 0 Å². The van der Waals surface area contributed by atoms with E-state index < -0.39 is 11.6 Å². The molecule has 2 aliphatic rings. The second kappa shape index (κ2) is 6.84. The maximum atomic E-state index is 14.3. The summed E-state index contributed by atoms with van der Waals surface area (Å²) >= 11 is 1.51. The van der Waals surface area contributed by atoms with Gasteiger partial charge in [-0.15, -0.1) is 11.3 Å². The zero-order valence-corrected chi connectivity index (χ0v) is 14.5. The number of nitrogens with zero attached hydrogens (tertiary/aromatic N) is 1. The fraction of sp³-hybridized carbons (Fsp3) is 0.421. The largest absolute Gasteiger partial charge is 0.375 e. The van der Waals surface area contributed by atoms with Gasteiger partial charge in [0.1, 0.15) is 11.6 Å². The number of thiophene rings is 1. The topological polar surface area (TPSA) is 29.5 Å². The van der Waals surface area contributed by atoms with E-state index in [0.29, 0.717) is 13.0 Å². The fourth-order valence-electron chi connectivity index (χ4n) is 3.86. The van der Waals surface area contributed by atoms with Crippen LogP contribution in [0.5, 0.6) is 0 Å². The Morgan fingerprint density at radius 1 is 1.28 bits per heavy atom. The highest BCUT2D eigenvalue weighted by Gasteiger charge is 2.42. The Bertz CT molecular complexity index is 765. The van der Waals surface area contributed by atoms with Crippen LogP contribution in [0.4, 0.5) is 14.5 Å². The predicted octanol–water partition coefficient (Wildman–Crippen LogP) is 4.52. The molecule has 2 aliphatic heterocycles. The average molecular weight is 363 g/mol. The summed E-state index contributed by atoms with van der Waals surface area (Å²) in [5.74, 6) is -1.30. The molecule has 2 saturated heterocycles. The minimum atomic E-state index is -0.714. The standard InChI is InChI=1S/C19H19F2NO2S/c20-13-3-5-17(16(21)10-13)22(11-15-2-1-7-25-15)19(23)9-12-8-14-4-6-18(12)24-14/h1-3,5,7,10,12,14,18H,4,6,8-9,11H2. The molecular weight excluding hydrogens is 344 g/mol. The third-order valence-corrected chi connectivity index (χ3v) is 5.93. The third-order valence-electron chi connectivity index (χ3n) is 5.06. The molecule has 132 valence electrons. The van der Waals surface area contributed by atoms with E-state index in [1.165, 1.54) is 28.4 Å². The van der Waals surface area contributed by atoms with Gasteiger partial charge in [-0.3, -0.25) is 4.79 Å². The molecule has 0 aliphatic carbocycles. The van der Waals surface area contributed by atoms with Gasteiger partial charge in [0.05, 0.1) is 24.4 Å². The van der Waals surface area contributed by atoms with Crippen LogP contribution in [0.3, 0.4) is 0 Å². The van der Waals surface area contributed by atoms with Crippen molar-refractivity contribution >= 4 is 22.9 Å². The Morgan fingerprint density at radius 2 is 2.16 bits per heavy atom. The summed E-state index contributed by atoms with van der Waals surface area (Å²) in [5, 5.41) is 1.92. The van der Waals surface area contributed by atoms with Gasteiger partial charge in [-0.05, 0) is 48.8 Å². The highest BCUT2D eigenvalue weighted by Crippen LogP contribution is 2.41. The van der Waals surface area contributed by atoms with Crippen LogP contribution in [0, 0.1) is 17.6 Å². The van der Waals surface area contributed by atoms with Gasteiger partial charge in [-0.2, -0.15) is 0 Å². The van der Waals surface area contributed by atoms with Gasteiger partial charge in [-0.1, -0.05) is 6.07 Å². The van der Waals surface area contributed by atoms with Crippen molar-refractivity contribution in [3.8, 4) is 0 Å². The molecule has 3 unspecified atom stereocenters. The summed E-state index contributed by atoms with van der Waals surface area (Å²) in [5.41, 5.74) is 0.129. The molecule has 0 radical (unpaired) electrons. The van der Waals surface area contributed by atoms with Crippen LogP contribution in [-0.4, -0.2) is 18.1 Å². The van der Waals surface area contributed by atoms with Gasteiger partial charge in [0, 0.05) is 17.4 Å². The molecule has 3 nitrogen and oxygen atoms in total. The van der Waals surface area contributed by atoms with Gasteiger partial charge >= 0.3 is 0 Å². The highest BCUT2D eigenvalue weighted by atomic mass is 32.1. The molecular formula is C19H19F2NO2S. The van der Waals surface area contributed by atoms with Gasteiger partial charge in [0.15, 0.2) is 0 Å². The second-order valence-corrected chi connectivity index (χ2v) is 7.76. The van der Waals surface area contributed by atoms with E-state index in [4.69, 9.17) is 4.74 Å². The lowest BCUT2D eigenvalue weighted by Crippen LogP contribution is -2.34. The summed E-state index contributed by atoms with van der Waals surface area (Å²) in [6.45, 7) is 0.292. The lowest BCUT2D eigenvalue weighted by molar-refractivity contribution is -0.120. The molecule has 1 amide bonds. The van der Waals surface area contributed by atoms with Crippen LogP contribution in [0.1, 0.15) is 30.6 Å². The Labute approximate surface area is 149 Å². The summed E-state index contributed by atoms with van der Waals surface area (Å²) in [7, 11) is 0. The molecule has 6 heteroatoms. The first-order chi connectivity index (χ1) is 12.1. The smallest absolute Gasteiger partial charge is 0.227 e. The number of benzene rings is 1. The first-order valence-electron chi connectivity index (χ1n) is 8.53. The maximum absolute atomic E-state index is 14.3. The van der Waals surface area contributed by atoms with E-state index in [9.17, 15) is 13.6 Å². The summed E-state index contributed by atoms with van der Waals surface area (Å²) in [4.78, 5) is 15.4. The first kappa shape index (κ1) is 16.7. The van der Waals surface area contributed by atoms with E-state index in [0.717, 1.165) is 30.2 Å². The van der Waals surface area contributed by atoms with E-state index in [1.807, 2.05) is 17.5 Å². The van der Waals surface area contributed by atoms with Crippen molar-refractivity contribution < 1.29 is 18.3 Å². The van der Waals surface area contributed by atoms with Crippen molar-refractivity contribution in [3.63, 3.8) is 0 Å². The molecule has 2 aromatic rings. The number of ether oxygens (including phenoxy) is 1. The SMILES string of the molecule is O=C(CC1CC2CCC1O2)N(Cc1cccs1)c1ccc(F)cc1F. The van der Waals surface area contributed by atoms with Gasteiger partial charge in [-0.25, -0.2) is 8.78 Å². The van der Waals surface area contributed by atoms with Crippen LogP contribution in [-0.2, 0) is 16.1 Å². The third kappa shape index (κ3) is 3.46. The molecule has 1 aromatic heterocycles. The number of anilines is 1. The lowest BCUT2D eigenvalue weighted by Gasteiger charge is -2.26. The maximum Gasteiger partial charge on any atom is 0.227 e. The predicted molar refractivity (Wildman–Crippen MR) is 92.5 cm³/mol. The molecule has 0 spiro atoms. The van der Waals surface area contributed by atoms with Gasteiger partial charge in [0.25, 0.3) is 0 Å². The van der Waals surface area contributed by atoms with E-state index >= 15 is 0 Å². The Kier molecular flexibility index (Phi) is 4.56. The van der Waals surface area contributed by atoms with Crippen molar-refractivity contribution in [1.29, 1.82) is 0 Å². The molecule has 3 atom stereocenters. The van der Waals surface area contributed by atoms with Crippen molar-refractivity contribution in [2.45, 2.75) is 44.4 Å². The van der Waals surface area contributed by atoms with Crippen molar-refractivity contribution in [3.05, 3.63) is 52.2 Å². The number of carbonyl (C=O) groups excluding carboxylic acids is 1. The quantitative estimate of drug-likeness (QED) is 0.782. The Balaban J connectivity index is 1.57. The van der Waals surface area contributed by atoms with Gasteiger partial charge < -0.3 is 9.64 Å². The summed E-state index contributed by atoms with van der Waals surface area (Å²) < 4.78 is 33.4. The minimum Gasteiger partial charge on any atom is -0.375 e. The van der Waals surface area contributed by atoms with Crippen molar-refractivity contribution in [2.24, 2.45) is 5.92 Å². The normalized spacial score (nSPS) is 24.6. The molecule has 1 aromatic carbocycles. The highest BCUT2D eigenvalue weighted by molar-refractivity contribution is 7.09. The second-order valence-electron chi connectivity index (χ2n) is 6.73. The Morgan fingerprint density at radius 3 is 2.80 bits per heavy atom. The van der Waals surface area contributed by atoms with Crippen LogP contribution >= 0.6 is 11.3 Å². The number of hydrogen-bond acceptors (Lipinski definition) is 3. The number of hydrogen-bond donors (Lipinski definition) is 0. The molecule has 4 rings (SSSR count). The number of halogens is 2. The monoisotopic (exact) mass is 363 g/mol. The molecule has 0 N–H and O–H groups in total. The molecule has 2 bridgehead atoms. The number of carbonyl (C=O) groups is 1. The molecule has 2 fully saturated rings. The number of amides is 1. The van der Waals surface area contributed by atoms with Crippen LogP contribution in [0.2, 0.25) is 0 Å². The molecule has 3 heterocycles. The van der Waals surface area contributed by atoms with E-state index in [2.05, 4.69) is 0 Å². The van der Waals surface area contributed by atoms with Crippen LogP contribution < -0.4 is 4.90 Å².